The minimum atomic E-state index is -0.997. The van der Waals surface area contributed by atoms with E-state index >= 15 is 0 Å². The molecule has 0 N–H and O–H groups in total. The first-order chi connectivity index (χ1) is 14.9. The fourth-order valence-corrected chi connectivity index (χ4v) is 7.53. The van der Waals surface area contributed by atoms with E-state index in [9.17, 15) is 19.2 Å². The highest BCUT2D eigenvalue weighted by Gasteiger charge is 2.67. The lowest BCUT2D eigenvalue weighted by Crippen LogP contribution is -2.47. The molecule has 2 aliphatic carbocycles. The van der Waals surface area contributed by atoms with E-state index in [1.165, 1.54) is 11.8 Å². The van der Waals surface area contributed by atoms with Gasteiger partial charge in [-0.05, 0) is 36.7 Å². The summed E-state index contributed by atoms with van der Waals surface area (Å²) >= 11 is 8.87. The number of fused-ring (bicyclic) bond motifs is 5. The van der Waals surface area contributed by atoms with Gasteiger partial charge < -0.3 is 4.74 Å². The number of hydrogen-bond donors (Lipinski definition) is 0. The van der Waals surface area contributed by atoms with Crippen molar-refractivity contribution in [2.45, 2.75) is 28.5 Å². The van der Waals surface area contributed by atoms with Crippen LogP contribution in [0, 0.1) is 23.7 Å². The van der Waals surface area contributed by atoms with Crippen LogP contribution in [0.2, 0.25) is 0 Å². The summed E-state index contributed by atoms with van der Waals surface area (Å²) in [5.74, 6) is -1.58. The van der Waals surface area contributed by atoms with Crippen LogP contribution in [0.15, 0.2) is 30.3 Å². The van der Waals surface area contributed by atoms with Gasteiger partial charge in [-0.25, -0.2) is 4.79 Å². The van der Waals surface area contributed by atoms with Crippen LogP contribution in [-0.2, 0) is 19.1 Å². The molecule has 1 aromatic rings. The summed E-state index contributed by atoms with van der Waals surface area (Å²) in [7, 11) is 0. The molecular weight excluding hydrogens is 550 g/mol. The first kappa shape index (κ1) is 23.0. The number of benzene rings is 1. The van der Waals surface area contributed by atoms with E-state index in [0.717, 1.165) is 11.3 Å². The molecule has 3 fully saturated rings. The summed E-state index contributed by atoms with van der Waals surface area (Å²) < 4.78 is 5.30. The molecular formula is C22H23Br2NO5S. The van der Waals surface area contributed by atoms with E-state index in [2.05, 4.69) is 31.9 Å². The molecule has 4 rings (SSSR count). The third kappa shape index (κ3) is 4.02. The number of ketones is 1. The van der Waals surface area contributed by atoms with Crippen LogP contribution in [-0.4, -0.2) is 62.8 Å². The molecule has 3 aliphatic rings. The van der Waals surface area contributed by atoms with E-state index in [1.54, 1.807) is 30.3 Å². The van der Waals surface area contributed by atoms with Crippen LogP contribution in [0.1, 0.15) is 23.2 Å². The SMILES string of the molecule is CSCCC(C(=O)OCC(=O)c1ccccc1)N1C(=O)C2C3CC(C(Br)C3Br)C2C1=O. The number of hydrogen-bond acceptors (Lipinski definition) is 6. The van der Waals surface area contributed by atoms with E-state index in [1.807, 2.05) is 6.26 Å². The quantitative estimate of drug-likeness (QED) is 0.206. The molecule has 1 saturated heterocycles. The normalized spacial score (nSPS) is 32.3. The Kier molecular flexibility index (Phi) is 6.93. The molecule has 0 spiro atoms. The molecule has 6 nitrogen and oxygen atoms in total. The third-order valence-corrected chi connectivity index (χ3v) is 10.5. The van der Waals surface area contributed by atoms with E-state index in [-0.39, 0.29) is 50.9 Å². The van der Waals surface area contributed by atoms with Gasteiger partial charge in [-0.3, -0.25) is 19.3 Å². The van der Waals surface area contributed by atoms with Crippen LogP contribution >= 0.6 is 43.6 Å². The molecule has 1 aromatic carbocycles. The predicted molar refractivity (Wildman–Crippen MR) is 124 cm³/mol. The Labute approximate surface area is 202 Å². The average molecular weight is 573 g/mol. The second-order valence-corrected chi connectivity index (χ2v) is 11.3. The van der Waals surface area contributed by atoms with Crippen molar-refractivity contribution in [3.05, 3.63) is 35.9 Å². The molecule has 0 radical (unpaired) electrons. The second kappa shape index (κ2) is 9.35. The monoisotopic (exact) mass is 571 g/mol. The predicted octanol–water partition coefficient (Wildman–Crippen LogP) is 3.31. The smallest absolute Gasteiger partial charge is 0.329 e. The fraction of sp³-hybridized carbons (Fsp3) is 0.545. The first-order valence-corrected chi connectivity index (χ1v) is 13.5. The average Bonchev–Trinajstić information content (AvgIpc) is 3.38. The second-order valence-electron chi connectivity index (χ2n) is 8.24. The van der Waals surface area contributed by atoms with Gasteiger partial charge in [0.1, 0.15) is 6.04 Å². The molecule has 9 heteroatoms. The first-order valence-electron chi connectivity index (χ1n) is 10.3. The molecule has 31 heavy (non-hydrogen) atoms. The number of alkyl halides is 2. The van der Waals surface area contributed by atoms with E-state index < -0.39 is 18.6 Å². The number of likely N-dealkylation sites (tertiary alicyclic amines) is 1. The Morgan fingerprint density at radius 2 is 1.68 bits per heavy atom. The highest BCUT2D eigenvalue weighted by molar-refractivity contribution is 9.12. The largest absolute Gasteiger partial charge is 0.456 e. The number of carbonyl (C=O) groups is 4. The van der Waals surface area contributed by atoms with Crippen molar-refractivity contribution in [2.75, 3.05) is 18.6 Å². The Bertz CT molecular complexity index is 865. The molecule has 7 unspecified atom stereocenters. The van der Waals surface area contributed by atoms with Crippen molar-refractivity contribution in [1.29, 1.82) is 0 Å². The van der Waals surface area contributed by atoms with Crippen LogP contribution in [0.3, 0.4) is 0 Å². The Morgan fingerprint density at radius 1 is 1.10 bits per heavy atom. The van der Waals surface area contributed by atoms with Gasteiger partial charge in [0.2, 0.25) is 11.8 Å². The number of ether oxygens (including phenoxy) is 1. The van der Waals surface area contributed by atoms with Crippen molar-refractivity contribution in [3.63, 3.8) is 0 Å². The minimum absolute atomic E-state index is 0.0812. The summed E-state index contributed by atoms with van der Waals surface area (Å²) in [5, 5.41) is 0. The lowest BCUT2D eigenvalue weighted by Gasteiger charge is -2.28. The topological polar surface area (TPSA) is 80.8 Å². The van der Waals surface area contributed by atoms with Crippen molar-refractivity contribution >= 4 is 67.2 Å². The zero-order valence-electron chi connectivity index (χ0n) is 16.9. The highest BCUT2D eigenvalue weighted by Crippen LogP contribution is 2.60. The number of Topliss-reactive ketones (excluding diaryl/α,β-unsaturated/α-hetero) is 1. The molecule has 2 amide bonds. The van der Waals surface area contributed by atoms with Crippen LogP contribution < -0.4 is 0 Å². The number of carbonyl (C=O) groups excluding carboxylic acids is 4. The summed E-state index contributed by atoms with van der Waals surface area (Å²) in [6.07, 6.45) is 3.04. The summed E-state index contributed by atoms with van der Waals surface area (Å²) in [4.78, 5) is 53.3. The highest BCUT2D eigenvalue weighted by atomic mass is 79.9. The lowest BCUT2D eigenvalue weighted by atomic mass is 9.81. The van der Waals surface area contributed by atoms with Crippen molar-refractivity contribution in [3.8, 4) is 0 Å². The number of nitrogens with zero attached hydrogens (tertiary/aromatic N) is 1. The van der Waals surface area contributed by atoms with Crippen LogP contribution in [0.5, 0.6) is 0 Å². The van der Waals surface area contributed by atoms with Gasteiger partial charge in [-0.15, -0.1) is 0 Å². The lowest BCUT2D eigenvalue weighted by molar-refractivity contribution is -0.158. The van der Waals surface area contributed by atoms with Crippen molar-refractivity contribution in [1.82, 2.24) is 4.90 Å². The zero-order chi connectivity index (χ0) is 22.3. The van der Waals surface area contributed by atoms with E-state index in [0.29, 0.717) is 17.7 Å². The van der Waals surface area contributed by atoms with Crippen LogP contribution in [0.4, 0.5) is 0 Å². The molecule has 1 aliphatic heterocycles. The minimum Gasteiger partial charge on any atom is -0.456 e. The van der Waals surface area contributed by atoms with Gasteiger partial charge in [0.25, 0.3) is 0 Å². The zero-order valence-corrected chi connectivity index (χ0v) is 20.9. The maximum Gasteiger partial charge on any atom is 0.329 e. The third-order valence-electron chi connectivity index (χ3n) is 6.64. The Morgan fingerprint density at radius 3 is 2.23 bits per heavy atom. The fourth-order valence-electron chi connectivity index (χ4n) is 5.20. The maximum absolute atomic E-state index is 13.3. The number of halogens is 2. The molecule has 7 atom stereocenters. The number of imide groups is 1. The van der Waals surface area contributed by atoms with Gasteiger partial charge >= 0.3 is 5.97 Å². The van der Waals surface area contributed by atoms with Crippen molar-refractivity contribution in [2.24, 2.45) is 23.7 Å². The van der Waals surface area contributed by atoms with Gasteiger partial charge in [0.15, 0.2) is 12.4 Å². The molecule has 166 valence electrons. The standard InChI is InChI=1S/C22H23Br2NO5S/c1-31-8-7-14(22(29)30-10-15(26)11-5-3-2-4-6-11)25-20(27)16-12-9-13(17(16)21(25)28)19(24)18(12)23/h2-6,12-14,16-19H,7-10H2,1H3. The Balaban J connectivity index is 1.50. The summed E-state index contributed by atoms with van der Waals surface area (Å²) in [6, 6.07) is 7.57. The number of esters is 1. The number of amides is 2. The summed E-state index contributed by atoms with van der Waals surface area (Å²) in [5.41, 5.74) is 0.446. The van der Waals surface area contributed by atoms with Gasteiger partial charge in [-0.2, -0.15) is 11.8 Å². The molecule has 2 bridgehead atoms. The molecule has 0 aromatic heterocycles. The van der Waals surface area contributed by atoms with Crippen molar-refractivity contribution < 1.29 is 23.9 Å². The number of rotatable bonds is 8. The molecule has 1 heterocycles. The van der Waals surface area contributed by atoms with Gasteiger partial charge in [-0.1, -0.05) is 62.2 Å². The maximum atomic E-state index is 13.3. The van der Waals surface area contributed by atoms with Crippen LogP contribution in [0.25, 0.3) is 0 Å². The van der Waals surface area contributed by atoms with E-state index in [4.69, 9.17) is 4.74 Å². The Hall–Kier alpha value is -1.19. The molecule has 2 saturated carbocycles. The summed E-state index contributed by atoms with van der Waals surface area (Å²) in [6.45, 7) is -0.417. The van der Waals surface area contributed by atoms with Gasteiger partial charge in [0.05, 0.1) is 11.8 Å². The van der Waals surface area contributed by atoms with Gasteiger partial charge in [0, 0.05) is 15.2 Å². The number of thioether (sulfide) groups is 1.